The second-order valence-electron chi connectivity index (χ2n) is 1.04. The van der Waals surface area contributed by atoms with E-state index in [0.717, 1.165) is 13.8 Å². The van der Waals surface area contributed by atoms with Crippen molar-refractivity contribution < 1.29 is 39.6 Å². The molecule has 0 atom stereocenters. The summed E-state index contributed by atoms with van der Waals surface area (Å²) in [5, 5.41) is 14.8. The van der Waals surface area contributed by atoms with E-state index in [-0.39, 0.29) is 0 Å². The Morgan fingerprint density at radius 2 is 1.00 bits per heavy atom. The molecule has 0 radical (unpaired) electrons. The molecule has 0 aliphatic rings. The molecule has 6 heteroatoms. The van der Waals surface area contributed by atoms with Crippen molar-refractivity contribution in [3.63, 3.8) is 0 Å². The van der Waals surface area contributed by atoms with Crippen molar-refractivity contribution in [1.29, 1.82) is 0 Å². The first-order chi connectivity index (χ1) is 4.46. The van der Waals surface area contributed by atoms with Gasteiger partial charge in [0.25, 0.3) is 11.9 Å². The van der Waals surface area contributed by atoms with Crippen molar-refractivity contribution in [2.45, 2.75) is 13.8 Å². The molecule has 0 fully saturated rings. The van der Waals surface area contributed by atoms with Gasteiger partial charge >= 0.3 is 19.8 Å². The van der Waals surface area contributed by atoms with Crippen molar-refractivity contribution in [2.75, 3.05) is 0 Å². The minimum atomic E-state index is -0.833. The topological polar surface area (TPSA) is 91.7 Å². The second-order valence-corrected chi connectivity index (χ2v) is 1.04. The summed E-state index contributed by atoms with van der Waals surface area (Å²) in [6, 6.07) is 0. The first-order valence-electron chi connectivity index (χ1n) is 2.01. The van der Waals surface area contributed by atoms with Crippen molar-refractivity contribution in [2.24, 2.45) is 0 Å². The van der Waals surface area contributed by atoms with Crippen LogP contribution in [0.1, 0.15) is 13.8 Å². The third kappa shape index (κ3) is 519. The summed E-state index contributed by atoms with van der Waals surface area (Å²) < 4.78 is 8.06. The van der Waals surface area contributed by atoms with Gasteiger partial charge in [-0.05, 0) is 0 Å². The van der Waals surface area contributed by atoms with Gasteiger partial charge in [-0.25, -0.2) is 0 Å². The van der Waals surface area contributed by atoms with Gasteiger partial charge in [0.15, 0.2) is 0 Å². The standard InChI is InChI=1S/2C2H4O2.Mn.O/c2*1-2(3)4;;/h2*1H3,(H,3,4);;. The maximum absolute atomic E-state index is 9.00. The van der Waals surface area contributed by atoms with Crippen LogP contribution in [0.3, 0.4) is 0 Å². The van der Waals surface area contributed by atoms with Crippen molar-refractivity contribution in [3.05, 3.63) is 0 Å². The zero-order valence-electron chi connectivity index (χ0n) is 5.50. The minimum absolute atomic E-state index is 0.833. The van der Waals surface area contributed by atoms with E-state index >= 15 is 0 Å². The van der Waals surface area contributed by atoms with Gasteiger partial charge in [-0.15, -0.1) is 0 Å². The first-order valence-corrected chi connectivity index (χ1v) is 2.49. The molecule has 0 aliphatic heterocycles. The van der Waals surface area contributed by atoms with Crippen molar-refractivity contribution in [1.82, 2.24) is 0 Å². The Kier molecular flexibility index (Phi) is 25.4. The molecule has 0 spiro atoms. The predicted octanol–water partition coefficient (Wildman–Crippen LogP) is 0.0605. The fourth-order valence-electron chi connectivity index (χ4n) is 0. The molecule has 0 heterocycles. The number of carbonyl (C=O) groups is 2. The van der Waals surface area contributed by atoms with Gasteiger partial charge in [-0.1, -0.05) is 0 Å². The zero-order valence-corrected chi connectivity index (χ0v) is 6.68. The summed E-state index contributed by atoms with van der Waals surface area (Å²) in [4.78, 5) is 18.0. The normalized spacial score (nSPS) is 5.40. The first kappa shape index (κ1) is 16.1. The molecule has 0 aromatic heterocycles. The summed E-state index contributed by atoms with van der Waals surface area (Å²) in [7, 11) is 0. The van der Waals surface area contributed by atoms with E-state index in [1.165, 1.54) is 0 Å². The van der Waals surface area contributed by atoms with Crippen LogP contribution < -0.4 is 0 Å². The van der Waals surface area contributed by atoms with E-state index < -0.39 is 11.9 Å². The molecule has 10 heavy (non-hydrogen) atoms. The van der Waals surface area contributed by atoms with Crippen LogP contribution in [0.2, 0.25) is 0 Å². The average molecular weight is 191 g/mol. The van der Waals surface area contributed by atoms with Crippen LogP contribution in [-0.4, -0.2) is 22.2 Å². The molecule has 0 unspecified atom stereocenters. The molecule has 2 N–H and O–H groups in total. The van der Waals surface area contributed by atoms with Gasteiger partial charge in [-0.2, -0.15) is 0 Å². The van der Waals surface area contributed by atoms with Gasteiger partial charge in [0.05, 0.1) is 0 Å². The van der Waals surface area contributed by atoms with Crippen LogP contribution in [0.15, 0.2) is 0 Å². The Hall–Kier alpha value is -0.741. The zero-order chi connectivity index (χ0) is 9.15. The summed E-state index contributed by atoms with van der Waals surface area (Å²) >= 11 is 1.69. The van der Waals surface area contributed by atoms with Crippen LogP contribution in [0.25, 0.3) is 0 Å². The number of hydrogen-bond donors (Lipinski definition) is 2. The van der Waals surface area contributed by atoms with Gasteiger partial charge in [0.1, 0.15) is 0 Å². The Bertz CT molecular complexity index is 81.8. The number of rotatable bonds is 0. The quantitative estimate of drug-likeness (QED) is 0.528. The maximum atomic E-state index is 9.00. The molecule has 0 bridgehead atoms. The number of carboxylic acid groups (broad SMARTS) is 2. The summed E-state index contributed by atoms with van der Waals surface area (Å²) in [6.45, 7) is 2.17. The van der Waals surface area contributed by atoms with Crippen molar-refractivity contribution >= 4 is 11.9 Å². The van der Waals surface area contributed by atoms with Crippen LogP contribution in [0.4, 0.5) is 0 Å². The fraction of sp³-hybridized carbons (Fsp3) is 0.500. The van der Waals surface area contributed by atoms with E-state index in [1.54, 1.807) is 15.9 Å². The van der Waals surface area contributed by atoms with Crippen LogP contribution in [-0.2, 0) is 29.4 Å². The van der Waals surface area contributed by atoms with Crippen LogP contribution in [0.5, 0.6) is 0 Å². The molecule has 0 rings (SSSR count). The van der Waals surface area contributed by atoms with Gasteiger partial charge < -0.3 is 10.2 Å². The van der Waals surface area contributed by atoms with Crippen molar-refractivity contribution in [3.8, 4) is 0 Å². The fourth-order valence-corrected chi connectivity index (χ4v) is 0. The van der Waals surface area contributed by atoms with E-state index in [0.29, 0.717) is 0 Å². The second kappa shape index (κ2) is 15.7. The van der Waals surface area contributed by atoms with Crippen LogP contribution >= 0.6 is 0 Å². The monoisotopic (exact) mass is 191 g/mol. The Labute approximate surface area is 66.1 Å². The van der Waals surface area contributed by atoms with Gasteiger partial charge in [0, 0.05) is 13.8 Å². The number of hydrogen-bond acceptors (Lipinski definition) is 3. The number of aliphatic carboxylic acids is 2. The van der Waals surface area contributed by atoms with E-state index in [4.69, 9.17) is 23.6 Å². The molecule has 0 aromatic carbocycles. The third-order valence-corrected chi connectivity index (χ3v) is 0. The molecule has 0 aromatic rings. The molecule has 0 aliphatic carbocycles. The molecule has 61 valence electrons. The average Bonchev–Trinajstić information content (AvgIpc) is 1.66. The molecular weight excluding hydrogens is 183 g/mol. The van der Waals surface area contributed by atoms with Crippen LogP contribution in [0, 0.1) is 0 Å². The molecule has 0 amide bonds. The SMILES string of the molecule is CC(=O)O.CC(=O)O.[O]=[Mn]. The third-order valence-electron chi connectivity index (χ3n) is 0. The van der Waals surface area contributed by atoms with E-state index in [1.807, 2.05) is 0 Å². The van der Waals surface area contributed by atoms with E-state index in [9.17, 15) is 0 Å². The molecule has 0 saturated carbocycles. The van der Waals surface area contributed by atoms with Gasteiger partial charge in [0.2, 0.25) is 0 Å². The summed E-state index contributed by atoms with van der Waals surface area (Å²) in [5.41, 5.74) is 0. The molecule has 5 nitrogen and oxygen atoms in total. The molecule has 0 saturated heterocycles. The summed E-state index contributed by atoms with van der Waals surface area (Å²) in [6.07, 6.45) is 0. The Morgan fingerprint density at radius 3 is 1.00 bits per heavy atom. The van der Waals surface area contributed by atoms with Gasteiger partial charge in [-0.3, -0.25) is 9.59 Å². The summed E-state index contributed by atoms with van der Waals surface area (Å²) in [5.74, 6) is -1.67. The Morgan fingerprint density at radius 1 is 1.00 bits per heavy atom. The van der Waals surface area contributed by atoms with E-state index in [2.05, 4.69) is 0 Å². The molecular formula is C4H8MnO5. The number of carboxylic acids is 2. The predicted molar refractivity (Wildman–Crippen MR) is 27.3 cm³/mol. The Balaban J connectivity index is -0.0000000787.